The van der Waals surface area contributed by atoms with Gasteiger partial charge in [-0.05, 0) is 57.5 Å². The predicted molar refractivity (Wildman–Crippen MR) is 114 cm³/mol. The highest BCUT2D eigenvalue weighted by molar-refractivity contribution is 7.99. The molecule has 1 N–H and O–H groups in total. The van der Waals surface area contributed by atoms with Crippen LogP contribution in [0.3, 0.4) is 0 Å². The van der Waals surface area contributed by atoms with Crippen molar-refractivity contribution in [2.75, 3.05) is 19.5 Å². The largest absolute Gasteiger partial charge is 0.462 e. The number of hydrogen-bond donors (Lipinski definition) is 1. The van der Waals surface area contributed by atoms with Crippen molar-refractivity contribution >= 4 is 29.7 Å². The van der Waals surface area contributed by atoms with Gasteiger partial charge in [0.1, 0.15) is 17.3 Å². The number of carbonyl (C=O) groups is 1. The summed E-state index contributed by atoms with van der Waals surface area (Å²) < 4.78 is 12.8. The Labute approximate surface area is 174 Å². The van der Waals surface area contributed by atoms with E-state index in [2.05, 4.69) is 19.7 Å². The molecule has 0 bridgehead atoms. The summed E-state index contributed by atoms with van der Waals surface area (Å²) in [6.45, 7) is 7.46. The first-order chi connectivity index (χ1) is 14.0. The van der Waals surface area contributed by atoms with Crippen LogP contribution in [0.1, 0.15) is 45.5 Å². The minimum atomic E-state index is 0.0778. The van der Waals surface area contributed by atoms with Gasteiger partial charge in [-0.2, -0.15) is 0 Å². The van der Waals surface area contributed by atoms with Crippen LogP contribution in [0.2, 0.25) is 0 Å². The second-order valence-corrected chi connectivity index (χ2v) is 7.72. The summed E-state index contributed by atoms with van der Waals surface area (Å²) in [5.41, 5.74) is 2.85. The Hall–Kier alpha value is -2.58. The van der Waals surface area contributed by atoms with Crippen molar-refractivity contribution in [3.05, 3.63) is 52.5 Å². The Balaban J connectivity index is 1.58. The van der Waals surface area contributed by atoms with Gasteiger partial charge in [0.15, 0.2) is 5.78 Å². The van der Waals surface area contributed by atoms with Gasteiger partial charge in [0, 0.05) is 37.2 Å². The minimum absolute atomic E-state index is 0.0778. The minimum Gasteiger partial charge on any atom is -0.462 e. The van der Waals surface area contributed by atoms with Crippen LogP contribution in [0.5, 0.6) is 0 Å². The number of thioether (sulfide) groups is 1. The first-order valence-corrected chi connectivity index (χ1v) is 10.4. The number of aromatic amines is 1. The van der Waals surface area contributed by atoms with Crippen LogP contribution in [-0.4, -0.2) is 45.0 Å². The van der Waals surface area contributed by atoms with E-state index in [0.717, 1.165) is 41.4 Å². The van der Waals surface area contributed by atoms with Crippen LogP contribution >= 0.6 is 11.8 Å². The average molecular weight is 415 g/mol. The zero-order valence-corrected chi connectivity index (χ0v) is 18.0. The molecule has 3 aromatic heterocycles. The molecule has 0 fully saturated rings. The third-order valence-corrected chi connectivity index (χ3v) is 5.43. The Morgan fingerprint density at radius 1 is 1.31 bits per heavy atom. The van der Waals surface area contributed by atoms with Crippen LogP contribution in [0, 0.1) is 20.8 Å². The number of aromatic nitrogens is 4. The number of Topliss-reactive ketones (excluding diaryl/α,β-unsaturated/α-hetero) is 1. The lowest BCUT2D eigenvalue weighted by molar-refractivity contribution is 0.102. The highest BCUT2D eigenvalue weighted by Gasteiger charge is 2.16. The summed E-state index contributed by atoms with van der Waals surface area (Å²) in [4.78, 5) is 17.1. The zero-order chi connectivity index (χ0) is 20.8. The van der Waals surface area contributed by atoms with E-state index in [0.29, 0.717) is 23.3 Å². The monoisotopic (exact) mass is 414 g/mol. The Morgan fingerprint density at radius 2 is 2.14 bits per heavy atom. The normalized spacial score (nSPS) is 11.6. The molecule has 29 heavy (non-hydrogen) atoms. The molecule has 0 aliphatic rings. The summed E-state index contributed by atoms with van der Waals surface area (Å²) in [6.07, 6.45) is 4.54. The van der Waals surface area contributed by atoms with Crippen LogP contribution in [0.4, 0.5) is 0 Å². The molecule has 3 heterocycles. The quantitative estimate of drug-likeness (QED) is 0.302. The maximum Gasteiger partial charge on any atom is 0.209 e. The van der Waals surface area contributed by atoms with Crippen molar-refractivity contribution < 1.29 is 13.9 Å². The van der Waals surface area contributed by atoms with E-state index < -0.39 is 0 Å². The molecule has 0 saturated heterocycles. The molecule has 0 atom stereocenters. The molecule has 8 heteroatoms. The number of aryl methyl sites for hydroxylation is 2. The van der Waals surface area contributed by atoms with Crippen LogP contribution in [0.15, 0.2) is 27.8 Å². The topological polar surface area (TPSA) is 85.9 Å². The highest BCUT2D eigenvalue weighted by atomic mass is 32.2. The van der Waals surface area contributed by atoms with Crippen molar-refractivity contribution in [3.63, 3.8) is 0 Å². The molecule has 3 rings (SSSR count). The van der Waals surface area contributed by atoms with Crippen molar-refractivity contribution in [2.24, 2.45) is 0 Å². The molecule has 7 nitrogen and oxygen atoms in total. The molecule has 0 aliphatic heterocycles. The molecule has 0 spiro atoms. The van der Waals surface area contributed by atoms with Gasteiger partial charge in [-0.1, -0.05) is 11.8 Å². The standard InChI is InChI=1S/C21H26N4O3S/c1-14-12-18(16(3)25(14)10-5-11-27-4)19(26)13-29-21-22-20(23-24-21)9-8-17-7-6-15(2)28-17/h6-9,12H,5,10-11,13H2,1-4H3,(H,22,23,24). The predicted octanol–water partition coefficient (Wildman–Crippen LogP) is 4.31. The summed E-state index contributed by atoms with van der Waals surface area (Å²) in [7, 11) is 1.70. The van der Waals surface area contributed by atoms with Gasteiger partial charge >= 0.3 is 0 Å². The van der Waals surface area contributed by atoms with Gasteiger partial charge in [0.2, 0.25) is 5.16 Å². The van der Waals surface area contributed by atoms with Gasteiger partial charge in [-0.3, -0.25) is 9.89 Å². The van der Waals surface area contributed by atoms with Gasteiger partial charge in [0.05, 0.1) is 5.75 Å². The van der Waals surface area contributed by atoms with E-state index in [1.54, 1.807) is 13.2 Å². The summed E-state index contributed by atoms with van der Waals surface area (Å²) in [6, 6.07) is 5.76. The SMILES string of the molecule is COCCCn1c(C)cc(C(=O)CSc2n[nH]c(C=Cc3ccc(C)o3)n2)c1C. The van der Waals surface area contributed by atoms with E-state index in [4.69, 9.17) is 9.15 Å². The smallest absolute Gasteiger partial charge is 0.209 e. The first kappa shape index (κ1) is 21.1. The molecule has 0 saturated carbocycles. The molecule has 0 aromatic carbocycles. The van der Waals surface area contributed by atoms with Gasteiger partial charge in [-0.15, -0.1) is 5.10 Å². The Morgan fingerprint density at radius 3 is 2.86 bits per heavy atom. The number of hydrogen-bond acceptors (Lipinski definition) is 6. The summed E-state index contributed by atoms with van der Waals surface area (Å²) >= 11 is 1.33. The number of nitrogens with zero attached hydrogens (tertiary/aromatic N) is 3. The molecule has 3 aromatic rings. The molecule has 0 amide bonds. The van der Waals surface area contributed by atoms with E-state index in [1.807, 2.05) is 45.0 Å². The number of ether oxygens (including phenoxy) is 1. The fourth-order valence-corrected chi connectivity index (χ4v) is 3.79. The lowest BCUT2D eigenvalue weighted by Crippen LogP contribution is -2.08. The molecule has 0 aliphatic carbocycles. The highest BCUT2D eigenvalue weighted by Crippen LogP contribution is 2.21. The fourth-order valence-electron chi connectivity index (χ4n) is 3.10. The van der Waals surface area contributed by atoms with Crippen LogP contribution < -0.4 is 0 Å². The number of H-pyrrole nitrogens is 1. The molecular formula is C21H26N4O3S. The summed E-state index contributed by atoms with van der Waals surface area (Å²) in [5, 5.41) is 7.57. The summed E-state index contributed by atoms with van der Waals surface area (Å²) in [5.74, 6) is 2.60. The zero-order valence-electron chi connectivity index (χ0n) is 17.2. The maximum absolute atomic E-state index is 12.7. The Kier molecular flexibility index (Phi) is 7.11. The molecule has 0 unspecified atom stereocenters. The van der Waals surface area contributed by atoms with Crippen molar-refractivity contribution in [3.8, 4) is 0 Å². The van der Waals surface area contributed by atoms with E-state index in [-0.39, 0.29) is 5.78 Å². The number of rotatable bonds is 10. The third-order valence-electron chi connectivity index (χ3n) is 4.59. The van der Waals surface area contributed by atoms with Crippen LogP contribution in [-0.2, 0) is 11.3 Å². The maximum atomic E-state index is 12.7. The van der Waals surface area contributed by atoms with E-state index in [1.165, 1.54) is 11.8 Å². The Bertz CT molecular complexity index is 1000. The van der Waals surface area contributed by atoms with Crippen molar-refractivity contribution in [1.29, 1.82) is 0 Å². The third kappa shape index (κ3) is 5.48. The van der Waals surface area contributed by atoms with E-state index >= 15 is 0 Å². The van der Waals surface area contributed by atoms with Gasteiger partial charge < -0.3 is 13.7 Å². The molecule has 0 radical (unpaired) electrons. The molecule has 154 valence electrons. The first-order valence-electron chi connectivity index (χ1n) is 9.46. The van der Waals surface area contributed by atoms with Crippen LogP contribution in [0.25, 0.3) is 12.2 Å². The number of ketones is 1. The van der Waals surface area contributed by atoms with Crippen molar-refractivity contribution in [2.45, 2.75) is 38.9 Å². The van der Waals surface area contributed by atoms with E-state index in [9.17, 15) is 4.79 Å². The second-order valence-electron chi connectivity index (χ2n) is 6.78. The lowest BCUT2D eigenvalue weighted by atomic mass is 10.2. The fraction of sp³-hybridized carbons (Fsp3) is 0.381. The van der Waals surface area contributed by atoms with Crippen molar-refractivity contribution in [1.82, 2.24) is 19.7 Å². The lowest BCUT2D eigenvalue weighted by Gasteiger charge is -2.09. The van der Waals surface area contributed by atoms with Gasteiger partial charge in [0.25, 0.3) is 0 Å². The number of furan rings is 1. The average Bonchev–Trinajstić information content (AvgIpc) is 3.40. The number of methoxy groups -OCH3 is 1. The second kappa shape index (κ2) is 9.76. The molecular weight excluding hydrogens is 388 g/mol. The number of carbonyl (C=O) groups excluding carboxylic acids is 1. The van der Waals surface area contributed by atoms with Gasteiger partial charge in [-0.25, -0.2) is 4.98 Å². The number of nitrogens with one attached hydrogen (secondary N) is 1.